The van der Waals surface area contributed by atoms with Crippen LogP contribution in [0, 0.1) is 5.92 Å². The maximum atomic E-state index is 11.7. The van der Waals surface area contributed by atoms with Gasteiger partial charge in [-0.3, -0.25) is 10.1 Å². The van der Waals surface area contributed by atoms with E-state index in [2.05, 4.69) is 20.2 Å². The minimum atomic E-state index is -0.848. The van der Waals surface area contributed by atoms with E-state index in [-0.39, 0.29) is 6.04 Å². The first kappa shape index (κ1) is 12.7. The number of urea groups is 1. The molecule has 0 radical (unpaired) electrons. The normalized spacial score (nSPS) is 23.3. The molecular weight excluding hydrogens is 256 g/mol. The second-order valence-electron chi connectivity index (χ2n) is 4.22. The summed E-state index contributed by atoms with van der Waals surface area (Å²) < 4.78 is 3.62. The Hall–Kier alpha value is -1.70. The van der Waals surface area contributed by atoms with Crippen molar-refractivity contribution in [3.05, 3.63) is 6.20 Å². The Morgan fingerprint density at radius 2 is 2.17 bits per heavy atom. The topological polar surface area (TPSA) is 104 Å². The summed E-state index contributed by atoms with van der Waals surface area (Å²) in [6.07, 6.45) is 4.60. The minimum absolute atomic E-state index is 0.308. The first-order chi connectivity index (χ1) is 8.66. The molecule has 0 bridgehead atoms. The number of hydrogen-bond acceptors (Lipinski definition) is 5. The molecule has 1 saturated carbocycles. The number of aliphatic carboxylic acids is 1. The first-order valence-electron chi connectivity index (χ1n) is 5.74. The number of rotatable bonds is 3. The predicted octanol–water partition coefficient (Wildman–Crippen LogP) is 1.30. The number of carboxylic acid groups (broad SMARTS) is 1. The Morgan fingerprint density at radius 3 is 2.83 bits per heavy atom. The van der Waals surface area contributed by atoms with Gasteiger partial charge >= 0.3 is 12.0 Å². The number of carbonyl (C=O) groups is 2. The summed E-state index contributed by atoms with van der Waals surface area (Å²) in [5, 5.41) is 18.5. The Morgan fingerprint density at radius 1 is 1.39 bits per heavy atom. The number of anilines is 1. The van der Waals surface area contributed by atoms with Gasteiger partial charge < -0.3 is 10.4 Å². The van der Waals surface area contributed by atoms with E-state index in [1.165, 1.54) is 6.20 Å². The smallest absolute Gasteiger partial charge is 0.320 e. The van der Waals surface area contributed by atoms with E-state index in [0.29, 0.717) is 17.8 Å². The second-order valence-corrected chi connectivity index (χ2v) is 5.00. The predicted molar refractivity (Wildman–Crippen MR) is 65.4 cm³/mol. The van der Waals surface area contributed by atoms with Gasteiger partial charge in [0.1, 0.15) is 5.00 Å². The molecule has 2 unspecified atom stereocenters. The lowest BCUT2D eigenvalue weighted by molar-refractivity contribution is -0.143. The van der Waals surface area contributed by atoms with Crippen molar-refractivity contribution in [2.45, 2.75) is 31.7 Å². The van der Waals surface area contributed by atoms with E-state index in [0.717, 1.165) is 24.4 Å². The lowest BCUT2D eigenvalue weighted by Gasteiger charge is -2.29. The quantitative estimate of drug-likeness (QED) is 0.768. The van der Waals surface area contributed by atoms with Crippen molar-refractivity contribution >= 4 is 28.5 Å². The number of nitrogens with zero attached hydrogens (tertiary/aromatic N) is 2. The van der Waals surface area contributed by atoms with Crippen LogP contribution >= 0.6 is 11.5 Å². The number of aromatic nitrogens is 2. The Kier molecular flexibility index (Phi) is 4.08. The Labute approximate surface area is 108 Å². The SMILES string of the molecule is O=C(Nc1cnns1)NC1CCCCC1C(=O)O. The van der Waals surface area contributed by atoms with Crippen molar-refractivity contribution in [3.8, 4) is 0 Å². The summed E-state index contributed by atoms with van der Waals surface area (Å²) in [7, 11) is 0. The van der Waals surface area contributed by atoms with Crippen LogP contribution in [0.25, 0.3) is 0 Å². The maximum absolute atomic E-state index is 11.7. The van der Waals surface area contributed by atoms with Crippen molar-refractivity contribution in [1.29, 1.82) is 0 Å². The van der Waals surface area contributed by atoms with E-state index in [9.17, 15) is 9.59 Å². The average molecular weight is 270 g/mol. The molecule has 1 heterocycles. The van der Waals surface area contributed by atoms with Gasteiger partial charge in [0.25, 0.3) is 0 Å². The third-order valence-electron chi connectivity index (χ3n) is 3.00. The zero-order chi connectivity index (χ0) is 13.0. The van der Waals surface area contributed by atoms with Gasteiger partial charge in [0.15, 0.2) is 0 Å². The third-order valence-corrected chi connectivity index (χ3v) is 3.58. The molecule has 0 aliphatic heterocycles. The van der Waals surface area contributed by atoms with E-state index >= 15 is 0 Å². The molecule has 7 nitrogen and oxygen atoms in total. The molecule has 98 valence electrons. The van der Waals surface area contributed by atoms with Gasteiger partial charge in [-0.2, -0.15) is 0 Å². The average Bonchev–Trinajstić information content (AvgIpc) is 2.82. The Bertz CT molecular complexity index is 423. The zero-order valence-corrected chi connectivity index (χ0v) is 10.4. The highest BCUT2D eigenvalue weighted by Crippen LogP contribution is 2.24. The molecule has 1 aromatic rings. The van der Waals surface area contributed by atoms with Crippen molar-refractivity contribution < 1.29 is 14.7 Å². The molecule has 0 aromatic carbocycles. The summed E-state index contributed by atoms with van der Waals surface area (Å²) in [6.45, 7) is 0. The molecule has 8 heteroatoms. The number of carboxylic acids is 1. The van der Waals surface area contributed by atoms with E-state index in [4.69, 9.17) is 5.11 Å². The van der Waals surface area contributed by atoms with Crippen LogP contribution in [-0.2, 0) is 4.79 Å². The van der Waals surface area contributed by atoms with E-state index < -0.39 is 17.9 Å². The lowest BCUT2D eigenvalue weighted by Crippen LogP contribution is -2.46. The fraction of sp³-hybridized carbons (Fsp3) is 0.600. The second kappa shape index (κ2) is 5.76. The molecule has 1 aromatic heterocycles. The molecular formula is C10H14N4O3S. The molecule has 2 atom stereocenters. The molecule has 1 aliphatic carbocycles. The molecule has 18 heavy (non-hydrogen) atoms. The van der Waals surface area contributed by atoms with Gasteiger partial charge in [-0.15, -0.1) is 5.10 Å². The van der Waals surface area contributed by atoms with Gasteiger partial charge in [-0.1, -0.05) is 17.3 Å². The number of amides is 2. The van der Waals surface area contributed by atoms with Crippen LogP contribution in [0.4, 0.5) is 9.80 Å². The van der Waals surface area contributed by atoms with Crippen LogP contribution in [-0.4, -0.2) is 32.7 Å². The summed E-state index contributed by atoms with van der Waals surface area (Å²) >= 11 is 1.07. The molecule has 1 fully saturated rings. The van der Waals surface area contributed by atoms with Gasteiger partial charge in [-0.05, 0) is 12.8 Å². The van der Waals surface area contributed by atoms with Crippen molar-refractivity contribution in [3.63, 3.8) is 0 Å². The maximum Gasteiger partial charge on any atom is 0.320 e. The van der Waals surface area contributed by atoms with E-state index in [1.807, 2.05) is 0 Å². The number of hydrogen-bond donors (Lipinski definition) is 3. The summed E-state index contributed by atoms with van der Waals surface area (Å²) in [6, 6.07) is -0.712. The molecule has 2 rings (SSSR count). The van der Waals surface area contributed by atoms with Gasteiger partial charge in [0.2, 0.25) is 0 Å². The monoisotopic (exact) mass is 270 g/mol. The van der Waals surface area contributed by atoms with Crippen LogP contribution in [0.2, 0.25) is 0 Å². The molecule has 0 spiro atoms. The number of carbonyl (C=O) groups excluding carboxylic acids is 1. The highest BCUT2D eigenvalue weighted by atomic mass is 32.1. The standard InChI is InChI=1S/C10H14N4O3S/c15-9(16)6-3-1-2-4-7(6)12-10(17)13-8-5-11-14-18-8/h5-7H,1-4H2,(H,15,16)(H2,12,13,17). The minimum Gasteiger partial charge on any atom is -0.481 e. The van der Waals surface area contributed by atoms with Crippen LogP contribution in [0.15, 0.2) is 6.20 Å². The van der Waals surface area contributed by atoms with Crippen molar-refractivity contribution in [2.75, 3.05) is 5.32 Å². The van der Waals surface area contributed by atoms with E-state index in [1.54, 1.807) is 0 Å². The fourth-order valence-electron chi connectivity index (χ4n) is 2.14. The summed E-state index contributed by atoms with van der Waals surface area (Å²) in [5.41, 5.74) is 0. The first-order valence-corrected chi connectivity index (χ1v) is 6.52. The van der Waals surface area contributed by atoms with Gasteiger partial charge in [0, 0.05) is 17.6 Å². The van der Waals surface area contributed by atoms with Crippen LogP contribution in [0.5, 0.6) is 0 Å². The highest BCUT2D eigenvalue weighted by molar-refractivity contribution is 7.10. The molecule has 0 saturated heterocycles. The van der Waals surface area contributed by atoms with Crippen molar-refractivity contribution in [2.24, 2.45) is 5.92 Å². The third kappa shape index (κ3) is 3.16. The lowest BCUT2D eigenvalue weighted by atomic mass is 9.84. The largest absolute Gasteiger partial charge is 0.481 e. The zero-order valence-electron chi connectivity index (χ0n) is 9.63. The van der Waals surface area contributed by atoms with Crippen LogP contribution < -0.4 is 10.6 Å². The number of nitrogens with one attached hydrogen (secondary N) is 2. The fourth-order valence-corrected chi connectivity index (χ4v) is 2.55. The molecule has 1 aliphatic rings. The van der Waals surface area contributed by atoms with Gasteiger partial charge in [-0.25, -0.2) is 4.79 Å². The highest BCUT2D eigenvalue weighted by Gasteiger charge is 2.31. The molecule has 2 amide bonds. The van der Waals surface area contributed by atoms with Crippen LogP contribution in [0.1, 0.15) is 25.7 Å². The summed E-state index contributed by atoms with van der Waals surface area (Å²) in [5.74, 6) is -1.34. The summed E-state index contributed by atoms with van der Waals surface area (Å²) in [4.78, 5) is 22.8. The van der Waals surface area contributed by atoms with Crippen molar-refractivity contribution in [1.82, 2.24) is 14.9 Å². The van der Waals surface area contributed by atoms with Crippen LogP contribution in [0.3, 0.4) is 0 Å². The molecule has 3 N–H and O–H groups in total. The Balaban J connectivity index is 1.90. The van der Waals surface area contributed by atoms with Gasteiger partial charge in [0.05, 0.1) is 12.1 Å².